The lowest BCUT2D eigenvalue weighted by Crippen LogP contribution is -2.34. The van der Waals surface area contributed by atoms with E-state index < -0.39 is 0 Å². The van der Waals surface area contributed by atoms with Crippen LogP contribution in [-0.2, 0) is 132 Å². The number of amides is 1. The fourth-order valence-electron chi connectivity index (χ4n) is 8.82. The average Bonchev–Trinajstić information content (AvgIpc) is 1.69. The summed E-state index contributed by atoms with van der Waals surface area (Å²) in [5.74, 6) is -1.82. The van der Waals surface area contributed by atoms with Crippen molar-refractivity contribution in [3.63, 3.8) is 0 Å². The first-order valence-corrected chi connectivity index (χ1v) is 32.7. The van der Waals surface area contributed by atoms with E-state index in [1.807, 2.05) is 85.8 Å². The summed E-state index contributed by atoms with van der Waals surface area (Å²) >= 11 is 3.39. The van der Waals surface area contributed by atoms with Crippen LogP contribution >= 0.6 is 15.9 Å². The van der Waals surface area contributed by atoms with E-state index in [1.165, 1.54) is 0 Å². The van der Waals surface area contributed by atoms with Crippen molar-refractivity contribution in [2.24, 2.45) is 10.8 Å². The molecule has 0 fully saturated rings. The van der Waals surface area contributed by atoms with Crippen LogP contribution in [0.3, 0.4) is 0 Å². The SMILES string of the molecule is CCOC(=O)c1c[nH]c(CC)c1.CCOC(=O)c1cc(CC)n(CCBr)c1.CCOC(=O)c1cc(CC)n(CCN)c1.CCOC(=O)c1cc(CC)n(CCN=[N+]=[N-])c1.CCOC(=O)c1cc2n(c1)CCNC2.CCOC(=O)c1cc2n(c1)CCNC2=O.O=C=O.O=C=O.O=C=O.O=C=O. The minimum absolute atomic E-state index is 0.142. The molecule has 0 bridgehead atoms. The monoisotopic (exact) mass is 1460 g/mol. The van der Waals surface area contributed by atoms with Gasteiger partial charge in [-0.05, 0) is 109 Å². The number of esters is 6. The van der Waals surface area contributed by atoms with Gasteiger partial charge in [0.1, 0.15) is 5.69 Å². The van der Waals surface area contributed by atoms with Crippen LogP contribution in [0.15, 0.2) is 78.7 Å². The van der Waals surface area contributed by atoms with E-state index in [0.717, 1.165) is 92.2 Å². The molecule has 8 rings (SSSR count). The molecule has 0 aliphatic carbocycles. The number of nitrogens with two attached hydrogens (primary N) is 1. The van der Waals surface area contributed by atoms with Crippen molar-refractivity contribution >= 4 is 82.3 Å². The van der Waals surface area contributed by atoms with E-state index >= 15 is 0 Å². The van der Waals surface area contributed by atoms with E-state index in [2.05, 4.69) is 64.6 Å². The maximum absolute atomic E-state index is 11.5. The largest absolute Gasteiger partial charge is 0.462 e. The number of alkyl halides is 1. The van der Waals surface area contributed by atoms with Crippen molar-refractivity contribution in [1.29, 1.82) is 0 Å². The smallest absolute Gasteiger partial charge is 0.373 e. The Bertz CT molecular complexity index is 3480. The predicted molar refractivity (Wildman–Crippen MR) is 357 cm³/mol. The highest BCUT2D eigenvalue weighted by molar-refractivity contribution is 9.09. The number of halogens is 1. The maximum Gasteiger partial charge on any atom is 0.373 e. The van der Waals surface area contributed by atoms with E-state index in [0.29, 0.717) is 111 Å². The van der Waals surface area contributed by atoms with Crippen LogP contribution in [0.1, 0.15) is 170 Å². The molecule has 546 valence electrons. The van der Waals surface area contributed by atoms with Gasteiger partial charge in [-0.3, -0.25) is 4.79 Å². The van der Waals surface area contributed by atoms with Crippen LogP contribution in [0.25, 0.3) is 10.4 Å². The molecule has 2 aliphatic rings. The Morgan fingerprint density at radius 1 is 0.510 bits per heavy atom. The van der Waals surface area contributed by atoms with Gasteiger partial charge in [0, 0.05) is 141 Å². The Labute approximate surface area is 586 Å². The Morgan fingerprint density at radius 2 is 0.880 bits per heavy atom. The van der Waals surface area contributed by atoms with Crippen molar-refractivity contribution in [3.8, 4) is 0 Å². The summed E-state index contributed by atoms with van der Waals surface area (Å²) < 4.78 is 39.3. The highest BCUT2D eigenvalue weighted by Gasteiger charge is 2.21. The summed E-state index contributed by atoms with van der Waals surface area (Å²) in [6.45, 7) is 28.5. The Kier molecular flexibility index (Phi) is 51.3. The van der Waals surface area contributed by atoms with Crippen LogP contribution in [0.2, 0.25) is 0 Å². The third-order valence-electron chi connectivity index (χ3n) is 13.0. The number of rotatable bonds is 23. The molecular formula is C66H89BrN12O21. The van der Waals surface area contributed by atoms with Crippen LogP contribution in [0.4, 0.5) is 0 Å². The van der Waals surface area contributed by atoms with Gasteiger partial charge in [0.15, 0.2) is 0 Å². The molecule has 1 amide bonds. The summed E-state index contributed by atoms with van der Waals surface area (Å²) in [4.78, 5) is 151. The van der Waals surface area contributed by atoms with Crippen LogP contribution in [-0.4, -0.2) is 165 Å². The molecular weight excluding hydrogens is 1380 g/mol. The number of azide groups is 1. The fraction of sp³-hybridized carbons (Fsp3) is 0.470. The first-order chi connectivity index (χ1) is 48.1. The molecule has 8 heterocycles. The quantitative estimate of drug-likeness (QED) is 0.0126. The number of H-pyrrole nitrogens is 1. The van der Waals surface area contributed by atoms with Gasteiger partial charge in [0.2, 0.25) is 0 Å². The summed E-state index contributed by atoms with van der Waals surface area (Å²) in [5, 5.41) is 10.3. The molecule has 2 aliphatic heterocycles. The Hall–Kier alpha value is -10.8. The number of carbonyl (C=O) groups is 7. The van der Waals surface area contributed by atoms with E-state index in [-0.39, 0.29) is 66.3 Å². The molecule has 0 spiro atoms. The number of nitrogens with one attached hydrogen (secondary N) is 3. The molecule has 6 aromatic rings. The van der Waals surface area contributed by atoms with E-state index in [9.17, 15) is 33.6 Å². The zero-order valence-electron chi connectivity index (χ0n) is 57.9. The lowest BCUT2D eigenvalue weighted by molar-refractivity contribution is -0.193. The lowest BCUT2D eigenvalue weighted by atomic mass is 10.3. The van der Waals surface area contributed by atoms with Crippen molar-refractivity contribution in [1.82, 2.24) is 38.5 Å². The number of aromatic nitrogens is 6. The number of ether oxygens (including phenoxy) is 6. The van der Waals surface area contributed by atoms with Crippen LogP contribution in [0.5, 0.6) is 0 Å². The van der Waals surface area contributed by atoms with Gasteiger partial charge < -0.3 is 72.6 Å². The van der Waals surface area contributed by atoms with Gasteiger partial charge in [0.05, 0.1) is 73.0 Å². The molecule has 34 heteroatoms. The Balaban J connectivity index is 0. The standard InChI is InChI=1S/C11H16BrNO2.C11H16N4O2.C11H18N2O2.C10H12N2O3.C10H14N2O2.C9H13NO2.4CO2/c1-3-10-7-9(11(14)15-4-2)8-13(10)6-5-12;1-3-10-7-9(11(16)17-4-2)8-15(10)6-5-13-14-12;1-3-10-7-9(11(14)15-4-2)8-13(10)6-5-12;1-2-15-10(14)7-5-8-9(13)11-3-4-12(8)6-7;1-2-14-10(13)8-5-9-6-11-3-4-12(9)7-8;1-3-8-5-7(6-10-8)9(11)12-4-2;4*2-1-3/h7-8H,3-6H2,1-2H3;7-8H,3-6H2,1-2H3;7-8H,3-6,12H2,1-2H3;5-6H,2-4H2,1H3,(H,11,13);5,7,11H,2-4,6H2,1H3;5-6,10H,3-4H2,1-2H3;;;;. The summed E-state index contributed by atoms with van der Waals surface area (Å²) in [5.41, 5.74) is 23.2. The predicted octanol–water partition coefficient (Wildman–Crippen LogP) is 6.94. The zero-order valence-corrected chi connectivity index (χ0v) is 59.5. The first kappa shape index (κ1) is 91.3. The third-order valence-corrected chi connectivity index (χ3v) is 13.4. The number of hydrogen-bond donors (Lipinski definition) is 4. The van der Waals surface area contributed by atoms with Crippen molar-refractivity contribution in [2.45, 2.75) is 134 Å². The molecule has 100 heavy (non-hydrogen) atoms. The maximum atomic E-state index is 11.5. The second-order valence-corrected chi connectivity index (χ2v) is 20.1. The van der Waals surface area contributed by atoms with Crippen LogP contribution < -0.4 is 16.4 Å². The number of aromatic amines is 1. The highest BCUT2D eigenvalue weighted by atomic mass is 79.9. The Morgan fingerprint density at radius 3 is 1.23 bits per heavy atom. The molecule has 0 unspecified atom stereocenters. The molecule has 0 saturated carbocycles. The van der Waals surface area contributed by atoms with Crippen molar-refractivity contribution in [2.75, 3.05) is 71.2 Å². The third kappa shape index (κ3) is 34.9. The average molecular weight is 1470 g/mol. The molecule has 0 atom stereocenters. The summed E-state index contributed by atoms with van der Waals surface area (Å²) in [6, 6.07) is 10.9. The van der Waals surface area contributed by atoms with Gasteiger partial charge in [-0.2, -0.15) is 38.4 Å². The first-order valence-electron chi connectivity index (χ1n) is 31.5. The number of hydrogen-bond acceptors (Lipinski definition) is 24. The minimum atomic E-state index is -0.382. The van der Waals surface area contributed by atoms with Crippen molar-refractivity contribution in [3.05, 3.63) is 152 Å². The number of carbonyl (C=O) groups excluding carboxylic acids is 15. The fourth-order valence-corrected chi connectivity index (χ4v) is 9.20. The minimum Gasteiger partial charge on any atom is -0.462 e. The highest BCUT2D eigenvalue weighted by Crippen LogP contribution is 2.17. The number of fused-ring (bicyclic) bond motifs is 2. The second kappa shape index (κ2) is 56.2. The second-order valence-electron chi connectivity index (χ2n) is 19.3. The van der Waals surface area contributed by atoms with E-state index in [1.54, 1.807) is 56.9 Å². The van der Waals surface area contributed by atoms with Crippen LogP contribution in [0, 0.1) is 0 Å². The van der Waals surface area contributed by atoms with Gasteiger partial charge in [0.25, 0.3) is 5.91 Å². The summed E-state index contributed by atoms with van der Waals surface area (Å²) in [7, 11) is 0. The van der Waals surface area contributed by atoms with Gasteiger partial charge in [-0.1, -0.05) is 48.7 Å². The topological polar surface area (TPSA) is 451 Å². The molecule has 5 N–H and O–H groups in total. The van der Waals surface area contributed by atoms with Gasteiger partial charge >= 0.3 is 60.4 Å². The van der Waals surface area contributed by atoms with E-state index in [4.69, 9.17) is 78.0 Å². The normalized spacial score (nSPS) is 10.5. The molecule has 0 radical (unpaired) electrons. The number of aryl methyl sites for hydroxylation is 5. The number of nitrogens with zero attached hydrogens (tertiary/aromatic N) is 8. The lowest BCUT2D eigenvalue weighted by Gasteiger charge is -2.15. The van der Waals surface area contributed by atoms with Crippen molar-refractivity contribution < 1.29 is 100 Å². The zero-order chi connectivity index (χ0) is 75.8. The molecule has 33 nitrogen and oxygen atoms in total. The van der Waals surface area contributed by atoms with Gasteiger partial charge in [-0.15, -0.1) is 0 Å². The molecule has 6 aromatic heterocycles. The molecule has 0 aromatic carbocycles. The summed E-state index contributed by atoms with van der Waals surface area (Å²) in [6.07, 6.45) is 15.1. The van der Waals surface area contributed by atoms with Gasteiger partial charge in [-0.25, -0.2) is 28.8 Å². The molecule has 0 saturated heterocycles.